The summed E-state index contributed by atoms with van der Waals surface area (Å²) in [5.41, 5.74) is -1.33. The Morgan fingerprint density at radius 1 is 0.944 bits per heavy atom. The van der Waals surface area contributed by atoms with Crippen LogP contribution in [0.1, 0.15) is 92.4 Å². The molecule has 3 saturated heterocycles. The van der Waals surface area contributed by atoms with Crippen molar-refractivity contribution in [3.8, 4) is 0 Å². The van der Waals surface area contributed by atoms with E-state index in [0.717, 1.165) is 32.1 Å². The summed E-state index contributed by atoms with van der Waals surface area (Å²) >= 11 is 0. The predicted molar refractivity (Wildman–Crippen MR) is 130 cm³/mol. The minimum Gasteiger partial charge on any atom is -0.481 e. The van der Waals surface area contributed by atoms with E-state index in [-0.39, 0.29) is 35.4 Å². The molecule has 1 unspecified atom stereocenters. The maximum absolute atomic E-state index is 14.3. The highest BCUT2D eigenvalue weighted by Gasteiger charge is 2.73. The van der Waals surface area contributed by atoms with Gasteiger partial charge in [-0.15, -0.1) is 0 Å². The molecule has 0 aromatic heterocycles. The molecule has 198 valence electrons. The maximum Gasteiger partial charge on any atom is 0.303 e. The Hall–Kier alpha value is -1.57. The summed E-state index contributed by atoms with van der Waals surface area (Å²) < 4.78 is 19.1. The van der Waals surface area contributed by atoms with Crippen molar-refractivity contribution in [1.29, 1.82) is 0 Å². The average Bonchev–Trinajstić information content (AvgIpc) is 3.38. The van der Waals surface area contributed by atoms with E-state index in [4.69, 9.17) is 14.2 Å². The molecule has 6 aliphatic rings. The summed E-state index contributed by atoms with van der Waals surface area (Å²) in [4.78, 5) is 40.1. The van der Waals surface area contributed by atoms with Gasteiger partial charge >= 0.3 is 5.97 Å². The minimum absolute atomic E-state index is 0.0000794. The van der Waals surface area contributed by atoms with E-state index in [1.54, 1.807) is 0 Å². The highest BCUT2D eigenvalue weighted by atomic mass is 16.7. The van der Waals surface area contributed by atoms with Crippen LogP contribution in [0.5, 0.6) is 0 Å². The van der Waals surface area contributed by atoms with Crippen LogP contribution in [0.25, 0.3) is 0 Å². The Morgan fingerprint density at radius 3 is 2.31 bits per heavy atom. The quantitative estimate of drug-likeness (QED) is 0.550. The third kappa shape index (κ3) is 2.94. The van der Waals surface area contributed by atoms with E-state index in [2.05, 4.69) is 20.8 Å². The number of carbonyl (C=O) groups excluding carboxylic acids is 2. The standard InChI is InChI=1S/C29H40O7/c1-6-29-12-11-26(4,36-29)19-7-10-25(3)23-17(30)13-20(27(5)15-34-27)24(2,9-8-21(32)33)22(23)18(31)14-28(19,25)16-35-29/h19-20H,6-16H2,1-5H3,(H,32,33)/t19-,20-,24+,25+,26+,27?,28+,29-/m1/s1. The number of hydrogen-bond acceptors (Lipinski definition) is 6. The van der Waals surface area contributed by atoms with Crippen LogP contribution in [0.4, 0.5) is 0 Å². The Morgan fingerprint density at radius 2 is 1.67 bits per heavy atom. The van der Waals surface area contributed by atoms with E-state index >= 15 is 0 Å². The van der Waals surface area contributed by atoms with Gasteiger partial charge in [-0.3, -0.25) is 14.4 Å². The summed E-state index contributed by atoms with van der Waals surface area (Å²) in [6, 6.07) is 0. The maximum atomic E-state index is 14.3. The SMILES string of the molecule is CC[C@]12CC[C@](C)(O1)[C@H]1CC[C@@]3(C)C4=C(C(=O)C[C@]13CO2)[C@@](C)(CCC(=O)O)[C@H](C1(C)CO1)CC4=O. The van der Waals surface area contributed by atoms with Gasteiger partial charge in [-0.25, -0.2) is 0 Å². The highest BCUT2D eigenvalue weighted by Crippen LogP contribution is 2.73. The number of rotatable bonds is 5. The molecule has 4 fully saturated rings. The third-order valence-corrected chi connectivity index (χ3v) is 11.7. The van der Waals surface area contributed by atoms with Crippen LogP contribution in [0, 0.1) is 28.1 Å². The van der Waals surface area contributed by atoms with Crippen LogP contribution >= 0.6 is 0 Å². The first-order valence-electron chi connectivity index (χ1n) is 13.8. The number of carbonyl (C=O) groups is 3. The smallest absolute Gasteiger partial charge is 0.303 e. The van der Waals surface area contributed by atoms with Crippen molar-refractivity contribution >= 4 is 17.5 Å². The minimum atomic E-state index is -0.883. The van der Waals surface area contributed by atoms with Gasteiger partial charge in [-0.1, -0.05) is 20.8 Å². The zero-order valence-electron chi connectivity index (χ0n) is 22.3. The summed E-state index contributed by atoms with van der Waals surface area (Å²) in [5.74, 6) is -1.53. The highest BCUT2D eigenvalue weighted by molar-refractivity contribution is 6.11. The molecule has 3 aliphatic carbocycles. The molecule has 0 radical (unpaired) electrons. The molecule has 0 amide bonds. The molecule has 7 heteroatoms. The van der Waals surface area contributed by atoms with Crippen molar-refractivity contribution < 1.29 is 33.7 Å². The normalized spacial score (nSPS) is 51.5. The Labute approximate surface area is 213 Å². The number of ether oxygens (including phenoxy) is 3. The summed E-state index contributed by atoms with van der Waals surface area (Å²) in [6.07, 6.45) is 5.12. The van der Waals surface area contributed by atoms with Crippen molar-refractivity contribution in [1.82, 2.24) is 0 Å². The second-order valence-electron chi connectivity index (χ2n) is 13.5. The van der Waals surface area contributed by atoms with Gasteiger partial charge in [0.1, 0.15) is 0 Å². The molecule has 1 saturated carbocycles. The molecule has 1 spiro atoms. The van der Waals surface area contributed by atoms with Gasteiger partial charge in [-0.05, 0) is 51.9 Å². The summed E-state index contributed by atoms with van der Waals surface area (Å²) in [6.45, 7) is 11.4. The zero-order valence-corrected chi connectivity index (χ0v) is 22.3. The van der Waals surface area contributed by atoms with Gasteiger partial charge in [0.2, 0.25) is 0 Å². The number of aliphatic carboxylic acids is 1. The fourth-order valence-electron chi connectivity index (χ4n) is 9.56. The van der Waals surface area contributed by atoms with Crippen LogP contribution in [0.2, 0.25) is 0 Å². The van der Waals surface area contributed by atoms with E-state index in [1.165, 1.54) is 0 Å². The van der Waals surface area contributed by atoms with Gasteiger partial charge in [0.15, 0.2) is 17.4 Å². The van der Waals surface area contributed by atoms with Crippen LogP contribution in [0.3, 0.4) is 0 Å². The topological polar surface area (TPSA) is 102 Å². The first kappa shape index (κ1) is 24.7. The molecule has 0 aromatic rings. The van der Waals surface area contributed by atoms with Crippen molar-refractivity contribution in [2.24, 2.45) is 28.1 Å². The molecule has 3 heterocycles. The van der Waals surface area contributed by atoms with E-state index < -0.39 is 33.6 Å². The number of epoxide rings is 1. The molecule has 6 rings (SSSR count). The van der Waals surface area contributed by atoms with Crippen molar-refractivity contribution in [3.63, 3.8) is 0 Å². The largest absolute Gasteiger partial charge is 0.481 e. The Kier molecular flexibility index (Phi) is 5.01. The Bertz CT molecular complexity index is 1090. The molecule has 0 aromatic carbocycles. The first-order chi connectivity index (χ1) is 16.8. The number of Topliss-reactive ketones (excluding diaryl/α,β-unsaturated/α-hetero) is 2. The van der Waals surface area contributed by atoms with E-state index in [1.807, 2.05) is 13.8 Å². The van der Waals surface area contributed by atoms with Crippen molar-refractivity contribution in [2.45, 2.75) is 109 Å². The average molecular weight is 501 g/mol. The molecule has 7 nitrogen and oxygen atoms in total. The fraction of sp³-hybridized carbons (Fsp3) is 0.828. The fourth-order valence-corrected chi connectivity index (χ4v) is 9.56. The monoisotopic (exact) mass is 500 g/mol. The van der Waals surface area contributed by atoms with Gasteiger partial charge in [0, 0.05) is 59.0 Å². The van der Waals surface area contributed by atoms with Gasteiger partial charge in [-0.2, -0.15) is 0 Å². The first-order valence-corrected chi connectivity index (χ1v) is 13.8. The number of allylic oxidation sites excluding steroid dienone is 2. The number of hydrogen-bond donors (Lipinski definition) is 1. The lowest BCUT2D eigenvalue weighted by atomic mass is 9.45. The second kappa shape index (κ2) is 7.29. The Balaban J connectivity index is 1.52. The summed E-state index contributed by atoms with van der Waals surface area (Å²) in [7, 11) is 0. The van der Waals surface area contributed by atoms with Crippen LogP contribution in [-0.2, 0) is 28.6 Å². The molecule has 2 bridgehead atoms. The van der Waals surface area contributed by atoms with E-state index in [9.17, 15) is 19.5 Å². The van der Waals surface area contributed by atoms with Crippen LogP contribution in [-0.4, -0.2) is 52.8 Å². The lowest BCUT2D eigenvalue weighted by molar-refractivity contribution is -0.242. The molecular weight excluding hydrogens is 460 g/mol. The zero-order chi connectivity index (χ0) is 25.9. The predicted octanol–water partition coefficient (Wildman–Crippen LogP) is 4.61. The lowest BCUT2D eigenvalue weighted by Gasteiger charge is -2.57. The summed E-state index contributed by atoms with van der Waals surface area (Å²) in [5, 5.41) is 9.57. The lowest BCUT2D eigenvalue weighted by Crippen LogP contribution is -2.59. The number of carboxylic acid groups (broad SMARTS) is 1. The molecule has 36 heavy (non-hydrogen) atoms. The molecule has 1 N–H and O–H groups in total. The van der Waals surface area contributed by atoms with Crippen molar-refractivity contribution in [2.75, 3.05) is 13.2 Å². The molecular formula is C29H40O7. The van der Waals surface area contributed by atoms with E-state index in [0.29, 0.717) is 43.6 Å². The van der Waals surface area contributed by atoms with Gasteiger partial charge in [0.25, 0.3) is 0 Å². The number of ketones is 2. The van der Waals surface area contributed by atoms with Crippen LogP contribution in [0.15, 0.2) is 11.1 Å². The van der Waals surface area contributed by atoms with Crippen LogP contribution < -0.4 is 0 Å². The second-order valence-corrected chi connectivity index (χ2v) is 13.5. The van der Waals surface area contributed by atoms with Gasteiger partial charge in [0.05, 0.1) is 24.4 Å². The van der Waals surface area contributed by atoms with Crippen molar-refractivity contribution in [3.05, 3.63) is 11.1 Å². The molecule has 8 atom stereocenters. The number of carboxylic acids is 1. The molecule has 3 aliphatic heterocycles. The number of fused-ring (bicyclic) bond motifs is 4. The third-order valence-electron chi connectivity index (χ3n) is 11.7. The van der Waals surface area contributed by atoms with Gasteiger partial charge < -0.3 is 19.3 Å².